The van der Waals surface area contributed by atoms with Crippen LogP contribution in [-0.4, -0.2) is 69.7 Å². The van der Waals surface area contributed by atoms with Crippen LogP contribution in [-0.2, 0) is 9.59 Å². The molecule has 0 fully saturated rings. The number of carboxylic acids is 2. The Balaban J connectivity index is 1.51. The molecule has 2 unspecified atom stereocenters. The number of aromatic amines is 3. The second-order valence-corrected chi connectivity index (χ2v) is 8.02. The number of carbonyl (C=O) groups excluding carboxylic acids is 1. The molecule has 36 heavy (non-hydrogen) atoms. The Hall–Kier alpha value is -5.08. The van der Waals surface area contributed by atoms with Gasteiger partial charge in [0.15, 0.2) is 5.82 Å². The van der Waals surface area contributed by atoms with Crippen LogP contribution in [0.25, 0.3) is 11.0 Å². The van der Waals surface area contributed by atoms with Crippen LogP contribution in [0.2, 0.25) is 0 Å². The molecule has 1 amide bonds. The number of rotatable bonds is 9. The third-order valence-corrected chi connectivity index (χ3v) is 5.78. The van der Waals surface area contributed by atoms with Gasteiger partial charge < -0.3 is 26.2 Å². The van der Waals surface area contributed by atoms with Crippen molar-refractivity contribution in [2.45, 2.75) is 31.2 Å². The predicted molar refractivity (Wildman–Crippen MR) is 123 cm³/mol. The molecule has 186 valence electrons. The van der Waals surface area contributed by atoms with Crippen molar-refractivity contribution in [1.29, 1.82) is 0 Å². The van der Waals surface area contributed by atoms with Crippen molar-refractivity contribution in [3.8, 4) is 0 Å². The molecule has 0 aliphatic rings. The number of hydrogen-bond donors (Lipinski definition) is 7. The van der Waals surface area contributed by atoms with Crippen molar-refractivity contribution >= 4 is 34.8 Å². The smallest absolute Gasteiger partial charge is 0.326 e. The van der Waals surface area contributed by atoms with Crippen LogP contribution < -0.4 is 16.6 Å². The quantitative estimate of drug-likeness (QED) is 0.162. The minimum absolute atomic E-state index is 0.00412. The topological polar surface area (TPSA) is 246 Å². The van der Waals surface area contributed by atoms with Gasteiger partial charge in [0, 0.05) is 17.7 Å². The summed E-state index contributed by atoms with van der Waals surface area (Å²) in [5, 5.41) is 34.3. The predicted octanol–water partition coefficient (Wildman–Crippen LogP) is -0.0602. The lowest BCUT2D eigenvalue weighted by atomic mass is 9.92. The zero-order valence-electron chi connectivity index (χ0n) is 18.7. The molecule has 15 heteroatoms. The van der Waals surface area contributed by atoms with Gasteiger partial charge in [0.2, 0.25) is 5.95 Å². The summed E-state index contributed by atoms with van der Waals surface area (Å²) in [6.45, 7) is 1.87. The molecule has 0 bridgehead atoms. The number of carboxylic acid groups (broad SMARTS) is 2. The molecule has 3 aromatic heterocycles. The van der Waals surface area contributed by atoms with Crippen LogP contribution in [0.4, 0.5) is 5.95 Å². The molecule has 0 spiro atoms. The number of nitrogens with zero attached hydrogens (tertiary/aromatic N) is 4. The number of anilines is 1. The number of nitrogen functional groups attached to an aromatic ring is 1. The number of amides is 1. The van der Waals surface area contributed by atoms with Crippen molar-refractivity contribution in [3.05, 3.63) is 63.3 Å². The number of aromatic nitrogens is 7. The summed E-state index contributed by atoms with van der Waals surface area (Å²) in [5.74, 6) is -5.32. The zero-order valence-corrected chi connectivity index (χ0v) is 18.7. The van der Waals surface area contributed by atoms with E-state index in [0.717, 1.165) is 5.56 Å². The van der Waals surface area contributed by atoms with E-state index >= 15 is 0 Å². The first kappa shape index (κ1) is 24.1. The van der Waals surface area contributed by atoms with Crippen LogP contribution in [0, 0.1) is 0 Å². The third kappa shape index (κ3) is 4.75. The van der Waals surface area contributed by atoms with Crippen molar-refractivity contribution in [3.63, 3.8) is 0 Å². The van der Waals surface area contributed by atoms with Crippen LogP contribution in [0.1, 0.15) is 52.5 Å². The van der Waals surface area contributed by atoms with Gasteiger partial charge in [-0.3, -0.25) is 19.4 Å². The largest absolute Gasteiger partial charge is 0.481 e. The van der Waals surface area contributed by atoms with Crippen LogP contribution >= 0.6 is 0 Å². The van der Waals surface area contributed by atoms with Gasteiger partial charge in [0.05, 0.1) is 5.39 Å². The molecule has 0 saturated heterocycles. The summed E-state index contributed by atoms with van der Waals surface area (Å²) in [6.07, 6.45) is 1.18. The molecule has 0 radical (unpaired) electrons. The molecule has 3 atom stereocenters. The molecule has 8 N–H and O–H groups in total. The highest BCUT2D eigenvalue weighted by atomic mass is 16.4. The van der Waals surface area contributed by atoms with E-state index in [-0.39, 0.29) is 28.8 Å². The first-order valence-corrected chi connectivity index (χ1v) is 10.6. The lowest BCUT2D eigenvalue weighted by Gasteiger charge is -2.18. The summed E-state index contributed by atoms with van der Waals surface area (Å²) in [7, 11) is 0. The molecule has 0 saturated carbocycles. The number of hydrogen-bond acceptors (Lipinski definition) is 9. The lowest BCUT2D eigenvalue weighted by molar-refractivity contribution is -0.141. The van der Waals surface area contributed by atoms with Crippen molar-refractivity contribution in [2.75, 3.05) is 5.73 Å². The number of H-pyrrole nitrogens is 3. The molecule has 1 aromatic carbocycles. The number of benzene rings is 1. The Labute approximate surface area is 201 Å². The molecule has 3 heterocycles. The molecular formula is C21H21N9O6. The second-order valence-electron chi connectivity index (χ2n) is 8.02. The zero-order chi connectivity index (χ0) is 26.0. The maximum Gasteiger partial charge on any atom is 0.326 e. The summed E-state index contributed by atoms with van der Waals surface area (Å²) in [4.78, 5) is 57.8. The highest BCUT2D eigenvalue weighted by molar-refractivity contribution is 5.96. The Kier molecular flexibility index (Phi) is 6.45. The second kappa shape index (κ2) is 9.65. The maximum absolute atomic E-state index is 12.7. The monoisotopic (exact) mass is 495 g/mol. The SMILES string of the molecule is CC(c1ccc(C(=O)N[C@@H](CC(C(=O)O)c2nn[nH]n2)C(=O)O)cc1)c1c[nH]c2nc(N)[nH]c(=O)c12. The minimum Gasteiger partial charge on any atom is -0.481 e. The fraction of sp³-hybridized carbons (Fsp3) is 0.238. The molecule has 15 nitrogen and oxygen atoms in total. The normalized spacial score (nSPS) is 13.7. The standard InChI is InChI=1S/C21H21N9O6/c1-8(12-7-23-16-14(12)18(32)26-21(22)25-16)9-2-4-10(5-3-9)17(31)24-13(20(35)36)6-11(19(33)34)15-27-29-30-28-15/h2-5,7-8,11,13H,6H2,1H3,(H,24,31)(H,33,34)(H,35,36)(H,27,28,29,30)(H4,22,23,25,26,32)/t8?,11?,13-/m0/s1. The first-order valence-electron chi connectivity index (χ1n) is 10.6. The van der Waals surface area contributed by atoms with Crippen molar-refractivity contribution in [1.82, 2.24) is 40.9 Å². The van der Waals surface area contributed by atoms with Gasteiger partial charge in [-0.25, -0.2) is 4.79 Å². The van der Waals surface area contributed by atoms with E-state index in [1.165, 1.54) is 12.1 Å². The van der Waals surface area contributed by atoms with Gasteiger partial charge >= 0.3 is 11.9 Å². The molecule has 4 rings (SSSR count). The fourth-order valence-corrected chi connectivity index (χ4v) is 3.86. The molecule has 0 aliphatic heterocycles. The molecular weight excluding hydrogens is 474 g/mol. The Morgan fingerprint density at radius 3 is 2.47 bits per heavy atom. The average molecular weight is 495 g/mol. The molecule has 0 aliphatic carbocycles. The van der Waals surface area contributed by atoms with Gasteiger partial charge in [0.25, 0.3) is 11.5 Å². The summed E-state index contributed by atoms with van der Waals surface area (Å²) < 4.78 is 0. The first-order chi connectivity index (χ1) is 17.2. The summed E-state index contributed by atoms with van der Waals surface area (Å²) >= 11 is 0. The maximum atomic E-state index is 12.7. The number of aliphatic carboxylic acids is 2. The van der Waals surface area contributed by atoms with E-state index in [4.69, 9.17) is 5.73 Å². The number of nitrogens with one attached hydrogen (secondary N) is 4. The lowest BCUT2D eigenvalue weighted by Crippen LogP contribution is -2.42. The highest BCUT2D eigenvalue weighted by Gasteiger charge is 2.32. The van der Waals surface area contributed by atoms with E-state index < -0.39 is 36.2 Å². The van der Waals surface area contributed by atoms with E-state index in [1.807, 2.05) is 6.92 Å². The van der Waals surface area contributed by atoms with Crippen LogP contribution in [0.15, 0.2) is 35.3 Å². The van der Waals surface area contributed by atoms with Gasteiger partial charge in [-0.2, -0.15) is 10.2 Å². The number of carbonyl (C=O) groups is 3. The van der Waals surface area contributed by atoms with Gasteiger partial charge in [0.1, 0.15) is 17.6 Å². The number of nitrogens with two attached hydrogens (primary N) is 1. The summed E-state index contributed by atoms with van der Waals surface area (Å²) in [6, 6.07) is 4.83. The fourth-order valence-electron chi connectivity index (χ4n) is 3.86. The van der Waals surface area contributed by atoms with E-state index in [0.29, 0.717) is 16.6 Å². The highest BCUT2D eigenvalue weighted by Crippen LogP contribution is 2.28. The van der Waals surface area contributed by atoms with Crippen LogP contribution in [0.5, 0.6) is 0 Å². The third-order valence-electron chi connectivity index (χ3n) is 5.78. The van der Waals surface area contributed by atoms with E-state index in [1.54, 1.807) is 18.3 Å². The van der Waals surface area contributed by atoms with Gasteiger partial charge in [-0.15, -0.1) is 10.2 Å². The van der Waals surface area contributed by atoms with Gasteiger partial charge in [-0.1, -0.05) is 24.3 Å². The average Bonchev–Trinajstić information content (AvgIpc) is 3.51. The Morgan fingerprint density at radius 2 is 1.86 bits per heavy atom. The van der Waals surface area contributed by atoms with Gasteiger partial charge in [-0.05, 0) is 29.7 Å². The number of fused-ring (bicyclic) bond motifs is 1. The van der Waals surface area contributed by atoms with Crippen molar-refractivity contribution in [2.24, 2.45) is 0 Å². The van der Waals surface area contributed by atoms with Crippen molar-refractivity contribution < 1.29 is 24.6 Å². The van der Waals surface area contributed by atoms with Crippen LogP contribution in [0.3, 0.4) is 0 Å². The Bertz CT molecular complexity index is 1480. The Morgan fingerprint density at radius 1 is 1.14 bits per heavy atom. The van der Waals surface area contributed by atoms with E-state index in [2.05, 4.69) is 40.9 Å². The number of tetrazole rings is 1. The minimum atomic E-state index is -1.52. The van der Waals surface area contributed by atoms with E-state index in [9.17, 15) is 29.4 Å². The summed E-state index contributed by atoms with van der Waals surface area (Å²) in [5.41, 5.74) is 7.19. The molecule has 4 aromatic rings.